The van der Waals surface area contributed by atoms with Gasteiger partial charge < -0.3 is 9.67 Å². The fraction of sp³-hybridized carbons (Fsp3) is 0.133. The first-order chi connectivity index (χ1) is 9.25. The molecule has 0 fully saturated rings. The third-order valence-corrected chi connectivity index (χ3v) is 3.51. The molecule has 96 valence electrons. The Morgan fingerprint density at radius 1 is 1.11 bits per heavy atom. The van der Waals surface area contributed by atoms with Gasteiger partial charge in [0.1, 0.15) is 0 Å². The van der Waals surface area contributed by atoms with Gasteiger partial charge in [-0.15, -0.1) is 0 Å². The maximum absolute atomic E-state index is 10.3. The van der Waals surface area contributed by atoms with Crippen molar-refractivity contribution in [3.8, 4) is 0 Å². The maximum atomic E-state index is 10.3. The van der Waals surface area contributed by atoms with Gasteiger partial charge in [0.25, 0.3) is 0 Å². The number of aliphatic hydroxyl groups excluding tert-OH is 1. The Kier molecular flexibility index (Phi) is 3.23. The fourth-order valence-electron chi connectivity index (χ4n) is 2.19. The summed E-state index contributed by atoms with van der Waals surface area (Å²) in [5.74, 6) is 0. The number of rotatable bonds is 3. The quantitative estimate of drug-likeness (QED) is 0.793. The number of imidazole rings is 1. The molecule has 19 heavy (non-hydrogen) atoms. The topological polar surface area (TPSA) is 38.0 Å². The van der Waals surface area contributed by atoms with Crippen LogP contribution in [-0.2, 0) is 6.54 Å². The minimum Gasteiger partial charge on any atom is -0.386 e. The van der Waals surface area contributed by atoms with E-state index < -0.39 is 6.10 Å². The SMILES string of the molecule is OC(Cn1cnc2ccccc21)c1ccccc1Cl. The minimum absolute atomic E-state index is 0.435. The summed E-state index contributed by atoms with van der Waals surface area (Å²) in [6.45, 7) is 0.435. The van der Waals surface area contributed by atoms with E-state index in [1.54, 1.807) is 12.4 Å². The number of fused-ring (bicyclic) bond motifs is 1. The number of halogens is 1. The second-order valence-electron chi connectivity index (χ2n) is 4.42. The molecule has 1 aromatic heterocycles. The van der Waals surface area contributed by atoms with E-state index in [0.29, 0.717) is 11.6 Å². The van der Waals surface area contributed by atoms with Gasteiger partial charge in [0, 0.05) is 10.6 Å². The molecule has 3 aromatic rings. The fourth-order valence-corrected chi connectivity index (χ4v) is 2.45. The Bertz CT molecular complexity index is 708. The summed E-state index contributed by atoms with van der Waals surface area (Å²) in [5.41, 5.74) is 2.67. The van der Waals surface area contributed by atoms with E-state index in [9.17, 15) is 5.11 Å². The number of para-hydroxylation sites is 2. The molecular weight excluding hydrogens is 260 g/mol. The molecule has 0 aliphatic carbocycles. The first-order valence-electron chi connectivity index (χ1n) is 6.08. The first kappa shape index (κ1) is 12.2. The number of nitrogens with zero attached hydrogens (tertiary/aromatic N) is 2. The van der Waals surface area contributed by atoms with Crippen molar-refractivity contribution in [2.75, 3.05) is 0 Å². The number of hydrogen-bond donors (Lipinski definition) is 1. The van der Waals surface area contributed by atoms with E-state index in [0.717, 1.165) is 16.6 Å². The molecule has 0 saturated heterocycles. The monoisotopic (exact) mass is 272 g/mol. The molecule has 0 saturated carbocycles. The molecule has 1 atom stereocenters. The van der Waals surface area contributed by atoms with Crippen LogP contribution in [0.2, 0.25) is 5.02 Å². The lowest BCUT2D eigenvalue weighted by molar-refractivity contribution is 0.158. The zero-order chi connectivity index (χ0) is 13.2. The molecule has 0 radical (unpaired) electrons. The van der Waals surface area contributed by atoms with Crippen LogP contribution < -0.4 is 0 Å². The van der Waals surface area contributed by atoms with Gasteiger partial charge in [-0.25, -0.2) is 4.98 Å². The lowest BCUT2D eigenvalue weighted by atomic mass is 10.1. The average molecular weight is 273 g/mol. The van der Waals surface area contributed by atoms with Gasteiger partial charge in [-0.2, -0.15) is 0 Å². The molecule has 0 amide bonds. The maximum Gasteiger partial charge on any atom is 0.0983 e. The van der Waals surface area contributed by atoms with Crippen molar-refractivity contribution in [3.05, 3.63) is 65.4 Å². The van der Waals surface area contributed by atoms with Crippen LogP contribution in [0.5, 0.6) is 0 Å². The number of benzene rings is 2. The van der Waals surface area contributed by atoms with E-state index in [2.05, 4.69) is 4.98 Å². The van der Waals surface area contributed by atoms with Gasteiger partial charge in [-0.05, 0) is 18.2 Å². The summed E-state index contributed by atoms with van der Waals surface area (Å²) in [7, 11) is 0. The number of aliphatic hydroxyl groups is 1. The molecule has 3 nitrogen and oxygen atoms in total. The van der Waals surface area contributed by atoms with Crippen molar-refractivity contribution >= 4 is 22.6 Å². The van der Waals surface area contributed by atoms with Crippen molar-refractivity contribution in [2.24, 2.45) is 0 Å². The van der Waals surface area contributed by atoms with Crippen LogP contribution in [-0.4, -0.2) is 14.7 Å². The molecule has 1 N–H and O–H groups in total. The Labute approximate surface area is 116 Å². The molecule has 1 heterocycles. The van der Waals surface area contributed by atoms with Crippen LogP contribution in [0.3, 0.4) is 0 Å². The smallest absolute Gasteiger partial charge is 0.0983 e. The standard InChI is InChI=1S/C15H13ClN2O/c16-12-6-2-1-5-11(12)15(19)9-18-10-17-13-7-3-4-8-14(13)18/h1-8,10,15,19H,9H2. The summed E-state index contributed by atoms with van der Waals surface area (Å²) in [6.07, 6.45) is 1.09. The second kappa shape index (κ2) is 5.03. The normalized spacial score (nSPS) is 12.7. The summed E-state index contributed by atoms with van der Waals surface area (Å²) in [5, 5.41) is 10.9. The second-order valence-corrected chi connectivity index (χ2v) is 4.83. The Balaban J connectivity index is 1.91. The summed E-state index contributed by atoms with van der Waals surface area (Å²) in [6, 6.07) is 15.2. The highest BCUT2D eigenvalue weighted by Crippen LogP contribution is 2.25. The molecule has 0 aliphatic heterocycles. The van der Waals surface area contributed by atoms with Crippen LogP contribution in [0.15, 0.2) is 54.9 Å². The molecule has 4 heteroatoms. The summed E-state index contributed by atoms with van der Waals surface area (Å²) >= 11 is 6.09. The van der Waals surface area contributed by atoms with E-state index in [-0.39, 0.29) is 0 Å². The lowest BCUT2D eigenvalue weighted by Crippen LogP contribution is -2.08. The Morgan fingerprint density at radius 3 is 2.68 bits per heavy atom. The van der Waals surface area contributed by atoms with E-state index in [1.165, 1.54) is 0 Å². The zero-order valence-corrected chi connectivity index (χ0v) is 11.0. The zero-order valence-electron chi connectivity index (χ0n) is 10.2. The van der Waals surface area contributed by atoms with Gasteiger partial charge in [0.05, 0.1) is 30.0 Å². The number of hydrogen-bond acceptors (Lipinski definition) is 2. The number of aromatic nitrogens is 2. The largest absolute Gasteiger partial charge is 0.386 e. The third-order valence-electron chi connectivity index (χ3n) is 3.16. The lowest BCUT2D eigenvalue weighted by Gasteiger charge is -2.13. The van der Waals surface area contributed by atoms with Crippen molar-refractivity contribution in [2.45, 2.75) is 12.6 Å². The highest BCUT2D eigenvalue weighted by Gasteiger charge is 2.13. The van der Waals surface area contributed by atoms with Gasteiger partial charge in [0.15, 0.2) is 0 Å². The van der Waals surface area contributed by atoms with Crippen LogP contribution in [0.4, 0.5) is 0 Å². The predicted molar refractivity (Wildman–Crippen MR) is 76.1 cm³/mol. The van der Waals surface area contributed by atoms with Crippen molar-refractivity contribution in [3.63, 3.8) is 0 Å². The van der Waals surface area contributed by atoms with Crippen LogP contribution in [0, 0.1) is 0 Å². The van der Waals surface area contributed by atoms with Crippen molar-refractivity contribution in [1.82, 2.24) is 9.55 Å². The first-order valence-corrected chi connectivity index (χ1v) is 6.46. The minimum atomic E-state index is -0.647. The van der Waals surface area contributed by atoms with E-state index >= 15 is 0 Å². The Morgan fingerprint density at radius 2 is 1.84 bits per heavy atom. The van der Waals surface area contributed by atoms with Crippen LogP contribution >= 0.6 is 11.6 Å². The van der Waals surface area contributed by atoms with Gasteiger partial charge >= 0.3 is 0 Å². The van der Waals surface area contributed by atoms with Gasteiger partial charge in [-0.1, -0.05) is 41.9 Å². The molecule has 2 aromatic carbocycles. The predicted octanol–water partition coefficient (Wildman–Crippen LogP) is 3.42. The molecule has 0 aliphatic rings. The van der Waals surface area contributed by atoms with Crippen LogP contribution in [0.1, 0.15) is 11.7 Å². The molecule has 1 unspecified atom stereocenters. The van der Waals surface area contributed by atoms with Gasteiger partial charge in [0.2, 0.25) is 0 Å². The van der Waals surface area contributed by atoms with Crippen LogP contribution in [0.25, 0.3) is 11.0 Å². The highest BCUT2D eigenvalue weighted by atomic mass is 35.5. The molecule has 3 rings (SSSR count). The van der Waals surface area contributed by atoms with Crippen molar-refractivity contribution < 1.29 is 5.11 Å². The Hall–Kier alpha value is -1.84. The summed E-state index contributed by atoms with van der Waals surface area (Å²) in [4.78, 5) is 4.31. The highest BCUT2D eigenvalue weighted by molar-refractivity contribution is 6.31. The van der Waals surface area contributed by atoms with Gasteiger partial charge in [-0.3, -0.25) is 0 Å². The van der Waals surface area contributed by atoms with E-state index in [4.69, 9.17) is 11.6 Å². The summed E-state index contributed by atoms with van der Waals surface area (Å²) < 4.78 is 1.93. The average Bonchev–Trinajstić information content (AvgIpc) is 2.83. The van der Waals surface area contributed by atoms with E-state index in [1.807, 2.05) is 47.0 Å². The third kappa shape index (κ3) is 2.35. The molecule has 0 spiro atoms. The van der Waals surface area contributed by atoms with Crippen molar-refractivity contribution in [1.29, 1.82) is 0 Å². The molecular formula is C15H13ClN2O. The molecule has 0 bridgehead atoms.